The van der Waals surface area contributed by atoms with Gasteiger partial charge in [0.2, 0.25) is 0 Å². The van der Waals surface area contributed by atoms with Gasteiger partial charge in [0.25, 0.3) is 10.0 Å². The second-order valence-corrected chi connectivity index (χ2v) is 9.04. The van der Waals surface area contributed by atoms with Gasteiger partial charge in [0.05, 0.1) is 17.1 Å². The quantitative estimate of drug-likeness (QED) is 0.729. The minimum atomic E-state index is -3.76. The van der Waals surface area contributed by atoms with Gasteiger partial charge < -0.3 is 4.74 Å². The van der Waals surface area contributed by atoms with Crippen molar-refractivity contribution >= 4 is 48.3 Å². The van der Waals surface area contributed by atoms with E-state index in [2.05, 4.69) is 20.7 Å². The van der Waals surface area contributed by atoms with Crippen molar-refractivity contribution < 1.29 is 17.9 Å². The molecule has 0 spiro atoms. The first kappa shape index (κ1) is 17.4. The summed E-state index contributed by atoms with van der Waals surface area (Å²) in [6.07, 6.45) is 2.62. The number of carbonyl (C=O) groups excluding carboxylic acids is 1. The molecule has 0 atom stereocenters. The highest BCUT2D eigenvalue weighted by atomic mass is 79.9. The SMILES string of the molecule is CCOC(=O)c1c(NS(=O)(=O)c2ccc(Br)cc2)sc2c1CCC2. The zero-order chi connectivity index (χ0) is 17.3. The minimum Gasteiger partial charge on any atom is -0.462 e. The molecule has 1 aromatic heterocycles. The maximum Gasteiger partial charge on any atom is 0.341 e. The number of hydrogen-bond donors (Lipinski definition) is 1. The highest BCUT2D eigenvalue weighted by Crippen LogP contribution is 2.40. The van der Waals surface area contributed by atoms with Crippen molar-refractivity contribution in [1.29, 1.82) is 0 Å². The second kappa shape index (κ2) is 6.85. The zero-order valence-electron chi connectivity index (χ0n) is 13.0. The van der Waals surface area contributed by atoms with Crippen LogP contribution in [-0.2, 0) is 27.6 Å². The van der Waals surface area contributed by atoms with E-state index in [-0.39, 0.29) is 11.5 Å². The molecule has 128 valence electrons. The van der Waals surface area contributed by atoms with E-state index in [4.69, 9.17) is 4.74 Å². The van der Waals surface area contributed by atoms with Gasteiger partial charge in [-0.05, 0) is 56.0 Å². The Bertz CT molecular complexity index is 872. The molecular formula is C16H16BrNO4S2. The Morgan fingerprint density at radius 3 is 2.67 bits per heavy atom. The number of fused-ring (bicyclic) bond motifs is 1. The van der Waals surface area contributed by atoms with E-state index >= 15 is 0 Å². The lowest BCUT2D eigenvalue weighted by Crippen LogP contribution is -2.15. The number of thiophene rings is 1. The normalized spacial score (nSPS) is 13.6. The number of halogens is 1. The highest BCUT2D eigenvalue weighted by Gasteiger charge is 2.29. The second-order valence-electron chi connectivity index (χ2n) is 5.34. The van der Waals surface area contributed by atoms with E-state index in [0.717, 1.165) is 34.2 Å². The first-order chi connectivity index (χ1) is 11.4. The van der Waals surface area contributed by atoms with Crippen LogP contribution in [0.15, 0.2) is 33.6 Å². The summed E-state index contributed by atoms with van der Waals surface area (Å²) < 4.78 is 33.7. The van der Waals surface area contributed by atoms with Gasteiger partial charge >= 0.3 is 5.97 Å². The summed E-state index contributed by atoms with van der Waals surface area (Å²) in [7, 11) is -3.76. The van der Waals surface area contributed by atoms with Gasteiger partial charge in [-0.3, -0.25) is 4.72 Å². The highest BCUT2D eigenvalue weighted by molar-refractivity contribution is 9.10. The molecule has 3 rings (SSSR count). The standard InChI is InChI=1S/C16H16BrNO4S2/c1-2-22-16(19)14-12-4-3-5-13(12)23-15(14)18-24(20,21)11-8-6-10(17)7-9-11/h6-9,18H,2-5H2,1H3. The molecule has 1 aliphatic carbocycles. The minimum absolute atomic E-state index is 0.147. The summed E-state index contributed by atoms with van der Waals surface area (Å²) in [6.45, 7) is 1.98. The monoisotopic (exact) mass is 429 g/mol. The Morgan fingerprint density at radius 2 is 2.00 bits per heavy atom. The van der Waals surface area contributed by atoms with Crippen LogP contribution < -0.4 is 4.72 Å². The topological polar surface area (TPSA) is 72.5 Å². The first-order valence-corrected chi connectivity index (χ1v) is 10.6. The molecule has 1 aliphatic rings. The van der Waals surface area contributed by atoms with Crippen LogP contribution in [0, 0.1) is 0 Å². The van der Waals surface area contributed by atoms with Crippen LogP contribution in [-0.4, -0.2) is 21.0 Å². The van der Waals surface area contributed by atoms with Gasteiger partial charge in [-0.15, -0.1) is 11.3 Å². The number of aryl methyl sites for hydroxylation is 1. The van der Waals surface area contributed by atoms with E-state index < -0.39 is 16.0 Å². The lowest BCUT2D eigenvalue weighted by atomic mass is 10.1. The number of nitrogens with one attached hydrogen (secondary N) is 1. The fourth-order valence-electron chi connectivity index (χ4n) is 2.69. The van der Waals surface area contributed by atoms with Crippen LogP contribution >= 0.6 is 27.3 Å². The van der Waals surface area contributed by atoms with E-state index in [9.17, 15) is 13.2 Å². The van der Waals surface area contributed by atoms with Crippen LogP contribution in [0.4, 0.5) is 5.00 Å². The van der Waals surface area contributed by atoms with Crippen LogP contribution in [0.2, 0.25) is 0 Å². The van der Waals surface area contributed by atoms with Crippen LogP contribution in [0.1, 0.15) is 34.1 Å². The van der Waals surface area contributed by atoms with Gasteiger partial charge in [-0.1, -0.05) is 15.9 Å². The number of benzene rings is 1. The third-order valence-electron chi connectivity index (χ3n) is 3.75. The van der Waals surface area contributed by atoms with Gasteiger partial charge in [0.1, 0.15) is 5.00 Å². The number of hydrogen-bond acceptors (Lipinski definition) is 5. The molecule has 0 amide bonds. The van der Waals surface area contributed by atoms with Gasteiger partial charge in [0.15, 0.2) is 0 Å². The number of rotatable bonds is 5. The van der Waals surface area contributed by atoms with Gasteiger partial charge in [-0.25, -0.2) is 13.2 Å². The largest absolute Gasteiger partial charge is 0.462 e. The summed E-state index contributed by atoms with van der Waals surface area (Å²) in [5.41, 5.74) is 1.29. The fourth-order valence-corrected chi connectivity index (χ4v) is 5.54. The molecule has 1 heterocycles. The Morgan fingerprint density at radius 1 is 1.29 bits per heavy atom. The molecule has 0 saturated heterocycles. The number of carbonyl (C=O) groups is 1. The number of sulfonamides is 1. The predicted molar refractivity (Wildman–Crippen MR) is 97.3 cm³/mol. The number of ether oxygens (including phenoxy) is 1. The predicted octanol–water partition coefficient (Wildman–Crippen LogP) is 3.98. The van der Waals surface area contributed by atoms with Gasteiger partial charge in [0, 0.05) is 9.35 Å². The summed E-state index contributed by atoms with van der Waals surface area (Å²) in [6, 6.07) is 6.35. The van der Waals surface area contributed by atoms with Crippen LogP contribution in [0.5, 0.6) is 0 Å². The summed E-state index contributed by atoms with van der Waals surface area (Å²) >= 11 is 4.61. The molecule has 1 N–H and O–H groups in total. The van der Waals surface area contributed by atoms with Crippen molar-refractivity contribution in [3.63, 3.8) is 0 Å². The molecule has 0 bridgehead atoms. The lowest BCUT2D eigenvalue weighted by molar-refractivity contribution is 0.0527. The Balaban J connectivity index is 1.98. The lowest BCUT2D eigenvalue weighted by Gasteiger charge is -2.10. The van der Waals surface area contributed by atoms with Crippen molar-refractivity contribution in [2.24, 2.45) is 0 Å². The van der Waals surface area contributed by atoms with E-state index in [1.165, 1.54) is 23.5 Å². The maximum atomic E-state index is 12.6. The van der Waals surface area contributed by atoms with Crippen molar-refractivity contribution in [2.75, 3.05) is 11.3 Å². The Hall–Kier alpha value is -1.38. The summed E-state index contributed by atoms with van der Waals surface area (Å²) in [5, 5.41) is 0.348. The molecule has 24 heavy (non-hydrogen) atoms. The number of esters is 1. The van der Waals surface area contributed by atoms with Crippen LogP contribution in [0.3, 0.4) is 0 Å². The molecule has 8 heteroatoms. The first-order valence-electron chi connectivity index (χ1n) is 7.52. The van der Waals surface area contributed by atoms with E-state index in [0.29, 0.717) is 10.6 Å². The molecule has 0 unspecified atom stereocenters. The average Bonchev–Trinajstić information content (AvgIpc) is 3.07. The third kappa shape index (κ3) is 3.36. The molecule has 0 radical (unpaired) electrons. The number of anilines is 1. The van der Waals surface area contributed by atoms with Crippen molar-refractivity contribution in [3.8, 4) is 0 Å². The zero-order valence-corrected chi connectivity index (χ0v) is 16.2. The van der Waals surface area contributed by atoms with E-state index in [1.807, 2.05) is 0 Å². The molecule has 0 fully saturated rings. The Kier molecular flexibility index (Phi) is 4.98. The third-order valence-corrected chi connectivity index (χ3v) is 6.98. The molecule has 1 aromatic carbocycles. The molecule has 0 saturated carbocycles. The summed E-state index contributed by atoms with van der Waals surface area (Å²) in [5.74, 6) is -0.467. The molecular weight excluding hydrogens is 414 g/mol. The smallest absolute Gasteiger partial charge is 0.341 e. The van der Waals surface area contributed by atoms with Crippen LogP contribution in [0.25, 0.3) is 0 Å². The fraction of sp³-hybridized carbons (Fsp3) is 0.312. The molecule has 5 nitrogen and oxygen atoms in total. The van der Waals surface area contributed by atoms with Crippen molar-refractivity contribution in [3.05, 3.63) is 44.7 Å². The summed E-state index contributed by atoms with van der Waals surface area (Å²) in [4.78, 5) is 13.5. The molecule has 2 aromatic rings. The Labute approximate surface area is 153 Å². The van der Waals surface area contributed by atoms with E-state index in [1.54, 1.807) is 19.1 Å². The van der Waals surface area contributed by atoms with Gasteiger partial charge in [-0.2, -0.15) is 0 Å². The average molecular weight is 430 g/mol. The molecule has 0 aliphatic heterocycles. The maximum absolute atomic E-state index is 12.6. The van der Waals surface area contributed by atoms with Crippen molar-refractivity contribution in [1.82, 2.24) is 0 Å². The van der Waals surface area contributed by atoms with Crippen molar-refractivity contribution in [2.45, 2.75) is 31.1 Å².